The SMILES string of the molecule is C1COC(CCN2CCOCC2CNC2CC2)C1. The molecule has 0 radical (unpaired) electrons. The van der Waals surface area contributed by atoms with Crippen molar-refractivity contribution in [1.29, 1.82) is 0 Å². The Bertz CT molecular complexity index is 252. The second-order valence-electron chi connectivity index (χ2n) is 5.87. The molecule has 3 rings (SSSR count). The van der Waals surface area contributed by atoms with Crippen molar-refractivity contribution < 1.29 is 9.47 Å². The normalized spacial score (nSPS) is 34.0. The van der Waals surface area contributed by atoms with E-state index in [-0.39, 0.29) is 0 Å². The minimum absolute atomic E-state index is 0.518. The first-order valence-corrected chi connectivity index (χ1v) is 7.58. The number of hydrogen-bond donors (Lipinski definition) is 1. The molecular formula is C14H26N2O2. The molecule has 0 aromatic carbocycles. The van der Waals surface area contributed by atoms with Gasteiger partial charge in [0.1, 0.15) is 0 Å². The molecule has 0 bridgehead atoms. The van der Waals surface area contributed by atoms with Gasteiger partial charge in [0, 0.05) is 38.3 Å². The zero-order valence-corrected chi connectivity index (χ0v) is 11.3. The summed E-state index contributed by atoms with van der Waals surface area (Å²) < 4.78 is 11.3. The fourth-order valence-corrected chi connectivity index (χ4v) is 2.94. The molecule has 2 unspecified atom stereocenters. The molecular weight excluding hydrogens is 228 g/mol. The molecule has 3 aliphatic rings. The maximum Gasteiger partial charge on any atom is 0.0634 e. The Balaban J connectivity index is 1.41. The number of morpholine rings is 1. The summed E-state index contributed by atoms with van der Waals surface area (Å²) in [4.78, 5) is 2.60. The van der Waals surface area contributed by atoms with Gasteiger partial charge in [0.25, 0.3) is 0 Å². The van der Waals surface area contributed by atoms with Crippen LogP contribution in [0.5, 0.6) is 0 Å². The third kappa shape index (κ3) is 3.67. The topological polar surface area (TPSA) is 33.7 Å². The predicted octanol–water partition coefficient (Wildman–Crippen LogP) is 1.01. The molecule has 0 spiro atoms. The van der Waals surface area contributed by atoms with E-state index in [1.54, 1.807) is 0 Å². The highest BCUT2D eigenvalue weighted by Crippen LogP contribution is 2.20. The highest BCUT2D eigenvalue weighted by atomic mass is 16.5. The summed E-state index contributed by atoms with van der Waals surface area (Å²) in [5.74, 6) is 0. The van der Waals surface area contributed by atoms with Crippen LogP contribution in [0.25, 0.3) is 0 Å². The predicted molar refractivity (Wildman–Crippen MR) is 70.8 cm³/mol. The van der Waals surface area contributed by atoms with E-state index < -0.39 is 0 Å². The first-order chi connectivity index (χ1) is 8.92. The summed E-state index contributed by atoms with van der Waals surface area (Å²) >= 11 is 0. The average Bonchev–Trinajstić information content (AvgIpc) is 3.09. The smallest absolute Gasteiger partial charge is 0.0634 e. The maximum absolute atomic E-state index is 5.71. The van der Waals surface area contributed by atoms with Gasteiger partial charge in [0.15, 0.2) is 0 Å². The number of ether oxygens (including phenoxy) is 2. The van der Waals surface area contributed by atoms with E-state index in [2.05, 4.69) is 10.2 Å². The van der Waals surface area contributed by atoms with Crippen molar-refractivity contribution in [1.82, 2.24) is 10.2 Å². The zero-order chi connectivity index (χ0) is 12.2. The molecule has 104 valence electrons. The van der Waals surface area contributed by atoms with Gasteiger partial charge in [-0.3, -0.25) is 4.90 Å². The van der Waals surface area contributed by atoms with E-state index in [0.717, 1.165) is 39.0 Å². The largest absolute Gasteiger partial charge is 0.378 e. The fraction of sp³-hybridized carbons (Fsp3) is 1.00. The summed E-state index contributed by atoms with van der Waals surface area (Å²) in [6.45, 7) is 6.11. The van der Waals surface area contributed by atoms with Crippen molar-refractivity contribution in [3.05, 3.63) is 0 Å². The molecule has 2 atom stereocenters. The van der Waals surface area contributed by atoms with Crippen molar-refractivity contribution in [3.63, 3.8) is 0 Å². The van der Waals surface area contributed by atoms with Gasteiger partial charge >= 0.3 is 0 Å². The Morgan fingerprint density at radius 1 is 1.17 bits per heavy atom. The second kappa shape index (κ2) is 6.33. The van der Waals surface area contributed by atoms with Crippen LogP contribution in [0.4, 0.5) is 0 Å². The van der Waals surface area contributed by atoms with Gasteiger partial charge in [-0.2, -0.15) is 0 Å². The lowest BCUT2D eigenvalue weighted by Crippen LogP contribution is -2.51. The number of nitrogens with one attached hydrogen (secondary N) is 1. The first-order valence-electron chi connectivity index (χ1n) is 7.58. The van der Waals surface area contributed by atoms with Gasteiger partial charge < -0.3 is 14.8 Å². The van der Waals surface area contributed by atoms with Crippen molar-refractivity contribution in [2.24, 2.45) is 0 Å². The van der Waals surface area contributed by atoms with Crippen LogP contribution >= 0.6 is 0 Å². The zero-order valence-electron chi connectivity index (χ0n) is 11.3. The Morgan fingerprint density at radius 2 is 2.11 bits per heavy atom. The molecule has 4 nitrogen and oxygen atoms in total. The van der Waals surface area contributed by atoms with E-state index in [9.17, 15) is 0 Å². The molecule has 2 aliphatic heterocycles. The lowest BCUT2D eigenvalue weighted by atomic mass is 10.1. The molecule has 0 aromatic rings. The van der Waals surface area contributed by atoms with Crippen LogP contribution in [0.2, 0.25) is 0 Å². The van der Waals surface area contributed by atoms with Gasteiger partial charge in [-0.15, -0.1) is 0 Å². The van der Waals surface area contributed by atoms with Crippen molar-refractivity contribution >= 4 is 0 Å². The lowest BCUT2D eigenvalue weighted by molar-refractivity contribution is -0.0142. The maximum atomic E-state index is 5.71. The molecule has 1 aliphatic carbocycles. The van der Waals surface area contributed by atoms with Crippen molar-refractivity contribution in [3.8, 4) is 0 Å². The molecule has 0 amide bonds. The van der Waals surface area contributed by atoms with Crippen LogP contribution in [0.1, 0.15) is 32.1 Å². The summed E-state index contributed by atoms with van der Waals surface area (Å²) in [6.07, 6.45) is 6.95. The quantitative estimate of drug-likeness (QED) is 0.767. The average molecular weight is 254 g/mol. The highest BCUT2D eigenvalue weighted by Gasteiger charge is 2.27. The molecule has 18 heavy (non-hydrogen) atoms. The van der Waals surface area contributed by atoms with E-state index in [0.29, 0.717) is 12.1 Å². The van der Waals surface area contributed by atoms with E-state index in [1.807, 2.05) is 0 Å². The molecule has 3 fully saturated rings. The third-order valence-electron chi connectivity index (χ3n) is 4.33. The second-order valence-corrected chi connectivity index (χ2v) is 5.87. The minimum Gasteiger partial charge on any atom is -0.378 e. The number of rotatable bonds is 6. The van der Waals surface area contributed by atoms with E-state index in [4.69, 9.17) is 9.47 Å². The van der Waals surface area contributed by atoms with Gasteiger partial charge in [-0.05, 0) is 32.1 Å². The summed E-state index contributed by atoms with van der Waals surface area (Å²) in [5.41, 5.74) is 0. The van der Waals surface area contributed by atoms with Crippen molar-refractivity contribution in [2.45, 2.75) is 50.3 Å². The number of nitrogens with zero attached hydrogens (tertiary/aromatic N) is 1. The Labute approximate surface area is 110 Å². The summed E-state index contributed by atoms with van der Waals surface area (Å²) in [7, 11) is 0. The van der Waals surface area contributed by atoms with Crippen LogP contribution in [-0.4, -0.2) is 62.5 Å². The number of hydrogen-bond acceptors (Lipinski definition) is 4. The lowest BCUT2D eigenvalue weighted by Gasteiger charge is -2.36. The highest BCUT2D eigenvalue weighted by molar-refractivity contribution is 4.85. The Morgan fingerprint density at radius 3 is 2.89 bits per heavy atom. The fourth-order valence-electron chi connectivity index (χ4n) is 2.94. The molecule has 1 saturated carbocycles. The van der Waals surface area contributed by atoms with Crippen LogP contribution in [0.3, 0.4) is 0 Å². The molecule has 2 saturated heterocycles. The van der Waals surface area contributed by atoms with Crippen LogP contribution in [0, 0.1) is 0 Å². The monoisotopic (exact) mass is 254 g/mol. The van der Waals surface area contributed by atoms with Crippen LogP contribution in [-0.2, 0) is 9.47 Å². The van der Waals surface area contributed by atoms with Gasteiger partial charge in [0.2, 0.25) is 0 Å². The van der Waals surface area contributed by atoms with Gasteiger partial charge in [-0.1, -0.05) is 0 Å². The first kappa shape index (κ1) is 12.9. The summed E-state index contributed by atoms with van der Waals surface area (Å²) in [5, 5.41) is 3.63. The minimum atomic E-state index is 0.518. The molecule has 2 heterocycles. The van der Waals surface area contributed by atoms with Gasteiger partial charge in [0.05, 0.1) is 19.3 Å². The van der Waals surface area contributed by atoms with Crippen LogP contribution in [0.15, 0.2) is 0 Å². The standard InChI is InChI=1S/C14H26N2O2/c1-2-14(18-8-1)5-6-16-7-9-17-11-13(16)10-15-12-3-4-12/h12-15H,1-11H2. The Hall–Kier alpha value is -0.160. The molecule has 4 heteroatoms. The van der Waals surface area contributed by atoms with Gasteiger partial charge in [-0.25, -0.2) is 0 Å². The summed E-state index contributed by atoms with van der Waals surface area (Å²) in [6, 6.07) is 1.37. The molecule has 0 aromatic heterocycles. The molecule has 1 N–H and O–H groups in total. The third-order valence-corrected chi connectivity index (χ3v) is 4.33. The van der Waals surface area contributed by atoms with E-state index in [1.165, 1.54) is 38.6 Å². The Kier molecular flexibility index (Phi) is 4.52. The van der Waals surface area contributed by atoms with Crippen molar-refractivity contribution in [2.75, 3.05) is 39.5 Å². The van der Waals surface area contributed by atoms with Crippen LogP contribution < -0.4 is 5.32 Å². The van der Waals surface area contributed by atoms with E-state index >= 15 is 0 Å².